The maximum atomic E-state index is 13.5. The number of hydrogen-bond donors (Lipinski definition) is 2. The van der Waals surface area contributed by atoms with Crippen LogP contribution in [0.1, 0.15) is 42.1 Å². The first-order chi connectivity index (χ1) is 13.5. The van der Waals surface area contributed by atoms with E-state index in [1.807, 2.05) is 0 Å². The van der Waals surface area contributed by atoms with Crippen molar-refractivity contribution in [2.45, 2.75) is 32.7 Å². The Balaban J connectivity index is 2.20. The molecule has 2 amide bonds. The lowest BCUT2D eigenvalue weighted by Crippen LogP contribution is -2.40. The van der Waals surface area contributed by atoms with Crippen molar-refractivity contribution in [3.8, 4) is 0 Å². The molecule has 5 nitrogen and oxygen atoms in total. The van der Waals surface area contributed by atoms with Crippen molar-refractivity contribution in [1.29, 1.82) is 0 Å². The molecule has 0 radical (unpaired) electrons. The van der Waals surface area contributed by atoms with Gasteiger partial charge in [0.15, 0.2) is 5.78 Å². The number of anilines is 1. The van der Waals surface area contributed by atoms with Crippen LogP contribution in [0.5, 0.6) is 0 Å². The molecule has 0 bridgehead atoms. The topological polar surface area (TPSA) is 69.6 Å². The predicted octanol–water partition coefficient (Wildman–Crippen LogP) is 4.56. The first-order valence-electron chi connectivity index (χ1n) is 9.19. The van der Waals surface area contributed by atoms with Crippen LogP contribution in [0, 0.1) is 5.82 Å². The quantitative estimate of drug-likeness (QED) is 0.473. The molecule has 2 aromatic rings. The van der Waals surface area contributed by atoms with Crippen LogP contribution in [0.15, 0.2) is 42.5 Å². The molecule has 150 valence electrons. The fourth-order valence-electron chi connectivity index (χ4n) is 2.67. The summed E-state index contributed by atoms with van der Waals surface area (Å²) in [4.78, 5) is 25.7. The van der Waals surface area contributed by atoms with E-state index in [1.54, 1.807) is 24.3 Å². The lowest BCUT2D eigenvalue weighted by Gasteiger charge is -2.24. The molecule has 7 heteroatoms. The molecule has 0 fully saturated rings. The van der Waals surface area contributed by atoms with Gasteiger partial charge in [0.05, 0.1) is 11.6 Å². The monoisotopic (exact) mass is 406 g/mol. The van der Waals surface area contributed by atoms with Gasteiger partial charge >= 0.3 is 6.03 Å². The second-order valence-electron chi connectivity index (χ2n) is 6.40. The lowest BCUT2D eigenvalue weighted by atomic mass is 10.1. The van der Waals surface area contributed by atoms with Crippen LogP contribution < -0.4 is 10.2 Å². The highest BCUT2D eigenvalue weighted by Gasteiger charge is 2.17. The number of amides is 2. The highest BCUT2D eigenvalue weighted by Crippen LogP contribution is 2.24. The number of rotatable bonds is 9. The van der Waals surface area contributed by atoms with Gasteiger partial charge in [-0.15, -0.1) is 0 Å². The maximum absolute atomic E-state index is 13.5. The van der Waals surface area contributed by atoms with Crippen molar-refractivity contribution in [3.05, 3.63) is 64.4 Å². The molecule has 0 atom stereocenters. The molecular formula is C21H24ClFN2O3. The number of Topliss-reactive ketones (excluding diaryl/α,β-unsaturated/α-hetero) is 1. The summed E-state index contributed by atoms with van der Waals surface area (Å²) in [6.07, 6.45) is 2.94. The molecule has 0 saturated carbocycles. The number of nitrogens with one attached hydrogen (secondary N) is 1. The molecule has 0 unspecified atom stereocenters. The van der Waals surface area contributed by atoms with Gasteiger partial charge in [-0.3, -0.25) is 9.69 Å². The SMILES string of the molecule is CCCCCNC(=O)N(Cc1ccc(C(=O)CO)cc1)c1ccc(F)c(Cl)c1. The summed E-state index contributed by atoms with van der Waals surface area (Å²) in [6.45, 7) is 2.29. The Labute approximate surface area is 169 Å². The third-order valence-corrected chi connectivity index (χ3v) is 4.57. The van der Waals surface area contributed by atoms with E-state index in [2.05, 4.69) is 12.2 Å². The molecule has 0 aliphatic carbocycles. The molecule has 0 aromatic heterocycles. The smallest absolute Gasteiger partial charge is 0.322 e. The van der Waals surface area contributed by atoms with Gasteiger partial charge in [-0.2, -0.15) is 0 Å². The van der Waals surface area contributed by atoms with E-state index in [9.17, 15) is 14.0 Å². The van der Waals surface area contributed by atoms with Gasteiger partial charge < -0.3 is 10.4 Å². The van der Waals surface area contributed by atoms with Crippen molar-refractivity contribution in [1.82, 2.24) is 5.32 Å². The summed E-state index contributed by atoms with van der Waals surface area (Å²) >= 11 is 5.89. The average Bonchev–Trinajstić information content (AvgIpc) is 2.71. The van der Waals surface area contributed by atoms with Crippen molar-refractivity contribution in [2.24, 2.45) is 0 Å². The second-order valence-corrected chi connectivity index (χ2v) is 6.81. The van der Waals surface area contributed by atoms with E-state index < -0.39 is 12.4 Å². The molecule has 0 heterocycles. The number of halogens is 2. The van der Waals surface area contributed by atoms with E-state index in [4.69, 9.17) is 16.7 Å². The van der Waals surface area contributed by atoms with Gasteiger partial charge in [0.25, 0.3) is 0 Å². The number of aliphatic hydroxyl groups is 1. The number of urea groups is 1. The van der Waals surface area contributed by atoms with Crippen LogP contribution in [-0.2, 0) is 6.54 Å². The van der Waals surface area contributed by atoms with E-state index in [0.29, 0.717) is 17.8 Å². The highest BCUT2D eigenvalue weighted by molar-refractivity contribution is 6.31. The van der Waals surface area contributed by atoms with E-state index >= 15 is 0 Å². The summed E-state index contributed by atoms with van der Waals surface area (Å²) in [7, 11) is 0. The molecule has 2 aromatic carbocycles. The number of hydrogen-bond acceptors (Lipinski definition) is 3. The van der Waals surface area contributed by atoms with E-state index in [0.717, 1.165) is 24.8 Å². The fraction of sp³-hybridized carbons (Fsp3) is 0.333. The van der Waals surface area contributed by atoms with Crippen LogP contribution in [-0.4, -0.2) is 30.1 Å². The minimum atomic E-state index is -0.556. The highest BCUT2D eigenvalue weighted by atomic mass is 35.5. The number of carbonyl (C=O) groups is 2. The largest absolute Gasteiger partial charge is 0.388 e. The first kappa shape index (κ1) is 21.9. The predicted molar refractivity (Wildman–Crippen MR) is 108 cm³/mol. The zero-order valence-corrected chi connectivity index (χ0v) is 16.5. The van der Waals surface area contributed by atoms with Gasteiger partial charge in [0.1, 0.15) is 12.4 Å². The van der Waals surface area contributed by atoms with Crippen LogP contribution >= 0.6 is 11.6 Å². The van der Waals surface area contributed by atoms with Crippen molar-refractivity contribution in [3.63, 3.8) is 0 Å². The summed E-state index contributed by atoms with van der Waals surface area (Å²) < 4.78 is 13.5. The summed E-state index contributed by atoms with van der Waals surface area (Å²) in [5.41, 5.74) is 1.64. The molecule has 2 N–H and O–H groups in total. The standard InChI is InChI=1S/C21H24ClFN2O3/c1-2-3-4-11-24-21(28)25(17-9-10-19(23)18(22)12-17)13-15-5-7-16(8-6-15)20(27)14-26/h5-10,12,26H,2-4,11,13-14H2,1H3,(H,24,28). The third kappa shape index (κ3) is 6.04. The fourth-order valence-corrected chi connectivity index (χ4v) is 2.84. The number of aliphatic hydroxyl groups excluding tert-OH is 1. The number of ketones is 1. The van der Waals surface area contributed by atoms with E-state index in [-0.39, 0.29) is 23.4 Å². The van der Waals surface area contributed by atoms with Crippen molar-refractivity contribution < 1.29 is 19.1 Å². The maximum Gasteiger partial charge on any atom is 0.322 e. The Morgan fingerprint density at radius 3 is 2.46 bits per heavy atom. The average molecular weight is 407 g/mol. The third-order valence-electron chi connectivity index (χ3n) is 4.28. The molecule has 0 saturated heterocycles. The molecule has 0 spiro atoms. The molecular weight excluding hydrogens is 383 g/mol. The Hall–Kier alpha value is -2.44. The zero-order chi connectivity index (χ0) is 20.5. The lowest BCUT2D eigenvalue weighted by molar-refractivity contribution is 0.0903. The zero-order valence-electron chi connectivity index (χ0n) is 15.8. The number of unbranched alkanes of at least 4 members (excludes halogenated alkanes) is 2. The van der Waals surface area contributed by atoms with Crippen molar-refractivity contribution >= 4 is 29.1 Å². The summed E-state index contributed by atoms with van der Waals surface area (Å²) in [6, 6.07) is 10.4. The Bertz CT molecular complexity index is 812. The minimum Gasteiger partial charge on any atom is -0.388 e. The summed E-state index contributed by atoms with van der Waals surface area (Å²) in [5, 5.41) is 11.7. The van der Waals surface area contributed by atoms with E-state index in [1.165, 1.54) is 23.1 Å². The van der Waals surface area contributed by atoms with Crippen molar-refractivity contribution in [2.75, 3.05) is 18.1 Å². The Morgan fingerprint density at radius 1 is 1.14 bits per heavy atom. The van der Waals surface area contributed by atoms with Gasteiger partial charge in [-0.1, -0.05) is 55.6 Å². The van der Waals surface area contributed by atoms with Crippen LogP contribution in [0.2, 0.25) is 5.02 Å². The molecule has 28 heavy (non-hydrogen) atoms. The van der Waals surface area contributed by atoms with Gasteiger partial charge in [-0.25, -0.2) is 9.18 Å². The van der Waals surface area contributed by atoms with Gasteiger partial charge in [0.2, 0.25) is 0 Å². The Kier molecular flexibility index (Phi) is 8.42. The van der Waals surface area contributed by atoms with Crippen LogP contribution in [0.4, 0.5) is 14.9 Å². The number of nitrogens with zero attached hydrogens (tertiary/aromatic N) is 1. The molecule has 2 rings (SSSR count). The van der Waals surface area contributed by atoms with Gasteiger partial charge in [0, 0.05) is 17.8 Å². The van der Waals surface area contributed by atoms with Crippen LogP contribution in [0.25, 0.3) is 0 Å². The number of carbonyl (C=O) groups excluding carboxylic acids is 2. The number of benzene rings is 2. The van der Waals surface area contributed by atoms with Crippen LogP contribution in [0.3, 0.4) is 0 Å². The summed E-state index contributed by atoms with van der Waals surface area (Å²) in [5.74, 6) is -0.928. The normalized spacial score (nSPS) is 10.6. The second kappa shape index (κ2) is 10.8. The molecule has 0 aliphatic rings. The Morgan fingerprint density at radius 2 is 1.86 bits per heavy atom. The minimum absolute atomic E-state index is 0.0647. The molecule has 0 aliphatic heterocycles. The first-order valence-corrected chi connectivity index (χ1v) is 9.57. The van der Waals surface area contributed by atoms with Gasteiger partial charge in [-0.05, 0) is 30.2 Å².